The minimum absolute atomic E-state index is 0.0131. The molecule has 2 N–H and O–H groups in total. The van der Waals surface area contributed by atoms with E-state index >= 15 is 0 Å². The number of nitrogens with one attached hydrogen (secondary N) is 1. The average molecular weight is 541 g/mol. The van der Waals surface area contributed by atoms with Gasteiger partial charge >= 0.3 is 0 Å². The summed E-state index contributed by atoms with van der Waals surface area (Å²) in [6, 6.07) is 6.82. The van der Waals surface area contributed by atoms with Gasteiger partial charge in [0.05, 0.1) is 16.7 Å². The fraction of sp³-hybridized carbons (Fsp3) is 0.400. The Labute approximate surface area is 210 Å². The zero-order valence-electron chi connectivity index (χ0n) is 19.5. The molecule has 3 heterocycles. The van der Waals surface area contributed by atoms with Crippen molar-refractivity contribution in [2.45, 2.75) is 45.1 Å². The van der Waals surface area contributed by atoms with Gasteiger partial charge in [-0.15, -0.1) is 0 Å². The predicted molar refractivity (Wildman–Crippen MR) is 133 cm³/mol. The van der Waals surface area contributed by atoms with Gasteiger partial charge in [0.15, 0.2) is 11.5 Å². The number of nitrogens with zero attached hydrogens (tertiary/aromatic N) is 5. The largest absolute Gasteiger partial charge is 0.389 e. The maximum Gasteiger partial charge on any atom is 0.223 e. The number of amides is 1. The highest BCUT2D eigenvalue weighted by Gasteiger charge is 2.31. The lowest BCUT2D eigenvalue weighted by molar-refractivity contribution is -0.125. The van der Waals surface area contributed by atoms with Gasteiger partial charge in [-0.2, -0.15) is 5.10 Å². The van der Waals surface area contributed by atoms with Gasteiger partial charge < -0.3 is 10.4 Å². The van der Waals surface area contributed by atoms with Crippen LogP contribution in [0.5, 0.6) is 0 Å². The molecule has 0 radical (unpaired) electrons. The van der Waals surface area contributed by atoms with Crippen LogP contribution in [0.4, 0.5) is 4.39 Å². The summed E-state index contributed by atoms with van der Waals surface area (Å²) in [5.41, 5.74) is 0.512. The molecule has 35 heavy (non-hydrogen) atoms. The number of rotatable bonds is 6. The molecule has 1 saturated carbocycles. The number of aliphatic hydroxyl groups is 1. The first kappa shape index (κ1) is 23.7. The fourth-order valence-corrected chi connectivity index (χ4v) is 5.08. The number of pyridine rings is 1. The second kappa shape index (κ2) is 9.23. The van der Waals surface area contributed by atoms with E-state index in [4.69, 9.17) is 4.98 Å². The summed E-state index contributed by atoms with van der Waals surface area (Å²) >= 11 is 3.47. The normalized spacial score (nSPS) is 18.4. The number of benzene rings is 1. The van der Waals surface area contributed by atoms with Gasteiger partial charge in [0.2, 0.25) is 5.91 Å². The van der Waals surface area contributed by atoms with Crippen LogP contribution >= 0.6 is 15.9 Å². The Hall–Kier alpha value is -2.98. The van der Waals surface area contributed by atoms with Gasteiger partial charge in [0.1, 0.15) is 15.9 Å². The number of hydrogen-bond acceptors (Lipinski definition) is 6. The molecule has 1 aromatic carbocycles. The van der Waals surface area contributed by atoms with E-state index in [0.717, 1.165) is 24.6 Å². The van der Waals surface area contributed by atoms with Gasteiger partial charge in [0.25, 0.3) is 0 Å². The molecule has 1 aliphatic carbocycles. The Bertz CT molecular complexity index is 1420. The quantitative estimate of drug-likeness (QED) is 0.381. The first-order valence-electron chi connectivity index (χ1n) is 11.6. The zero-order chi connectivity index (χ0) is 24.7. The molecule has 3 aromatic heterocycles. The molecule has 0 bridgehead atoms. The molecule has 5 rings (SSSR count). The van der Waals surface area contributed by atoms with E-state index in [-0.39, 0.29) is 24.3 Å². The standard InChI is InChI=1S/C25H26BrFN6O2/c1-25(2,35)13-30-24(34)16-6-5-14(8-16)9-20-29-12-18-22(26)32-33(23(18)31-20)17-10-15-4-3-7-28-21(15)19(27)11-17/h3-4,7,10-12,14,16,35H,5-6,8-9,13H2,1-2H3,(H,30,34)/t14-,16-/m1/s1. The highest BCUT2D eigenvalue weighted by atomic mass is 79.9. The molecule has 1 fully saturated rings. The van der Waals surface area contributed by atoms with Crippen molar-refractivity contribution in [3.63, 3.8) is 0 Å². The molecule has 0 saturated heterocycles. The van der Waals surface area contributed by atoms with Crippen LogP contribution in [0, 0.1) is 17.7 Å². The first-order valence-corrected chi connectivity index (χ1v) is 12.4. The van der Waals surface area contributed by atoms with E-state index in [0.29, 0.717) is 39.1 Å². The molecule has 0 aliphatic heterocycles. The Balaban J connectivity index is 1.37. The smallest absolute Gasteiger partial charge is 0.223 e. The average Bonchev–Trinajstić information content (AvgIpc) is 3.41. The molecule has 8 nitrogen and oxygen atoms in total. The van der Waals surface area contributed by atoms with Crippen molar-refractivity contribution in [1.82, 2.24) is 30.0 Å². The molecular formula is C25H26BrFN6O2. The number of hydrogen-bond donors (Lipinski definition) is 2. The third kappa shape index (κ3) is 5.04. The second-order valence-corrected chi connectivity index (χ2v) is 10.6. The molecular weight excluding hydrogens is 515 g/mol. The molecule has 182 valence electrons. The van der Waals surface area contributed by atoms with Crippen molar-refractivity contribution in [1.29, 1.82) is 0 Å². The molecule has 1 aliphatic rings. The number of carbonyl (C=O) groups is 1. The van der Waals surface area contributed by atoms with Gasteiger partial charge in [-0.3, -0.25) is 9.78 Å². The number of carbonyl (C=O) groups excluding carboxylic acids is 1. The van der Waals surface area contributed by atoms with Gasteiger partial charge in [-0.1, -0.05) is 6.07 Å². The van der Waals surface area contributed by atoms with Crippen LogP contribution in [-0.4, -0.2) is 47.9 Å². The molecule has 0 unspecified atom stereocenters. The lowest BCUT2D eigenvalue weighted by Gasteiger charge is -2.19. The minimum Gasteiger partial charge on any atom is -0.389 e. The summed E-state index contributed by atoms with van der Waals surface area (Å²) in [5.74, 6) is 0.443. The summed E-state index contributed by atoms with van der Waals surface area (Å²) in [6.45, 7) is 3.58. The minimum atomic E-state index is -0.932. The maximum atomic E-state index is 14.7. The van der Waals surface area contributed by atoms with Crippen molar-refractivity contribution < 1.29 is 14.3 Å². The van der Waals surface area contributed by atoms with Gasteiger partial charge in [0, 0.05) is 42.7 Å². The van der Waals surface area contributed by atoms with E-state index in [1.165, 1.54) is 6.07 Å². The van der Waals surface area contributed by atoms with E-state index in [1.54, 1.807) is 37.0 Å². The Kier molecular flexibility index (Phi) is 6.27. The molecule has 2 atom stereocenters. The number of halogens is 2. The second-order valence-electron chi connectivity index (χ2n) is 9.84. The van der Waals surface area contributed by atoms with Crippen LogP contribution in [0.3, 0.4) is 0 Å². The third-order valence-electron chi connectivity index (χ3n) is 6.40. The fourth-order valence-electron chi connectivity index (χ4n) is 4.64. The van der Waals surface area contributed by atoms with Gasteiger partial charge in [-0.25, -0.2) is 19.0 Å². The van der Waals surface area contributed by atoms with Crippen LogP contribution in [0.2, 0.25) is 0 Å². The SMILES string of the molecule is CC(C)(O)CNC(=O)[C@@H]1CC[C@@H](Cc2ncc3c(Br)nn(-c4cc(F)c5ncccc5c4)c3n2)C1. The highest BCUT2D eigenvalue weighted by molar-refractivity contribution is 9.10. The van der Waals surface area contributed by atoms with Gasteiger partial charge in [-0.05, 0) is 67.1 Å². The first-order chi connectivity index (χ1) is 16.7. The van der Waals surface area contributed by atoms with E-state index < -0.39 is 11.4 Å². The van der Waals surface area contributed by atoms with Crippen molar-refractivity contribution in [3.05, 3.63) is 52.9 Å². The summed E-state index contributed by atoms with van der Waals surface area (Å²) in [4.78, 5) is 25.9. The van der Waals surface area contributed by atoms with Crippen molar-refractivity contribution in [2.75, 3.05) is 6.54 Å². The zero-order valence-corrected chi connectivity index (χ0v) is 21.1. The van der Waals surface area contributed by atoms with E-state index in [9.17, 15) is 14.3 Å². The van der Waals surface area contributed by atoms with Crippen LogP contribution in [0.1, 0.15) is 38.9 Å². The predicted octanol–water partition coefficient (Wildman–Crippen LogP) is 4.11. The van der Waals surface area contributed by atoms with E-state index in [1.807, 2.05) is 12.1 Å². The molecule has 4 aromatic rings. The van der Waals surface area contributed by atoms with Crippen molar-refractivity contribution in [3.8, 4) is 5.69 Å². The summed E-state index contributed by atoms with van der Waals surface area (Å²) in [7, 11) is 0. The Morgan fingerprint density at radius 1 is 1.31 bits per heavy atom. The molecule has 0 spiro atoms. The summed E-state index contributed by atoms with van der Waals surface area (Å²) in [5, 5.41) is 18.6. The Morgan fingerprint density at radius 2 is 2.14 bits per heavy atom. The van der Waals surface area contributed by atoms with Crippen LogP contribution in [-0.2, 0) is 11.2 Å². The number of aromatic nitrogens is 5. The van der Waals surface area contributed by atoms with Crippen LogP contribution in [0.15, 0.2) is 41.3 Å². The maximum absolute atomic E-state index is 14.7. The lowest BCUT2D eigenvalue weighted by atomic mass is 10.0. The third-order valence-corrected chi connectivity index (χ3v) is 6.98. The van der Waals surface area contributed by atoms with Crippen molar-refractivity contribution >= 4 is 43.8 Å². The summed E-state index contributed by atoms with van der Waals surface area (Å²) < 4.78 is 16.9. The highest BCUT2D eigenvalue weighted by Crippen LogP contribution is 2.34. The molecule has 1 amide bonds. The van der Waals surface area contributed by atoms with E-state index in [2.05, 4.69) is 36.3 Å². The number of fused-ring (bicyclic) bond motifs is 2. The molecule has 10 heteroatoms. The monoisotopic (exact) mass is 540 g/mol. The van der Waals surface area contributed by atoms with Crippen LogP contribution < -0.4 is 5.32 Å². The Morgan fingerprint density at radius 3 is 2.94 bits per heavy atom. The van der Waals surface area contributed by atoms with Crippen LogP contribution in [0.25, 0.3) is 27.6 Å². The summed E-state index contributed by atoms with van der Waals surface area (Å²) in [6.07, 6.45) is 6.41. The van der Waals surface area contributed by atoms with Crippen molar-refractivity contribution in [2.24, 2.45) is 11.8 Å². The topological polar surface area (TPSA) is 106 Å². The lowest BCUT2D eigenvalue weighted by Crippen LogP contribution is -2.40.